The monoisotopic (exact) mass is 854 g/mol. The summed E-state index contributed by atoms with van der Waals surface area (Å²) < 4.78 is 8.85. The highest BCUT2D eigenvalue weighted by molar-refractivity contribution is 6.11. The molecule has 0 aliphatic carbocycles. The molecule has 2 aromatic heterocycles. The Morgan fingerprint density at radius 2 is 0.776 bits per heavy atom. The van der Waals surface area contributed by atoms with Crippen LogP contribution in [0.15, 0.2) is 259 Å². The van der Waals surface area contributed by atoms with E-state index in [1.807, 2.05) is 12.1 Å². The van der Waals surface area contributed by atoms with Gasteiger partial charge in [-0.05, 0) is 111 Å². The third kappa shape index (κ3) is 6.59. The van der Waals surface area contributed by atoms with Gasteiger partial charge in [0.25, 0.3) is 0 Å². The number of nitrogens with zero attached hydrogens (tertiary/aromatic N) is 2. The average Bonchev–Trinajstić information content (AvgIpc) is 3.95. The highest BCUT2D eigenvalue weighted by Crippen LogP contribution is 2.42. The normalized spacial score (nSPS) is 11.6. The summed E-state index contributed by atoms with van der Waals surface area (Å²) in [5.41, 5.74) is 17.8. The number of para-hydroxylation sites is 5. The number of rotatable bonds is 8. The molecule has 0 spiro atoms. The molecule has 3 nitrogen and oxygen atoms in total. The lowest BCUT2D eigenvalue weighted by atomic mass is 9.97. The summed E-state index contributed by atoms with van der Waals surface area (Å²) in [6.07, 6.45) is 0. The van der Waals surface area contributed by atoms with Crippen molar-refractivity contribution in [1.82, 2.24) is 4.57 Å². The first-order chi connectivity index (χ1) is 33.2. The number of hydrogen-bond acceptors (Lipinski definition) is 2. The Labute approximate surface area is 388 Å². The highest BCUT2D eigenvalue weighted by atomic mass is 16.3. The topological polar surface area (TPSA) is 21.3 Å². The second-order valence-electron chi connectivity index (χ2n) is 17.3. The fourth-order valence-corrected chi connectivity index (χ4v) is 10.2. The highest BCUT2D eigenvalue weighted by Gasteiger charge is 2.18. The third-order valence-electron chi connectivity index (χ3n) is 13.4. The maximum absolute atomic E-state index is 6.44. The van der Waals surface area contributed by atoms with Crippen LogP contribution < -0.4 is 4.90 Å². The smallest absolute Gasteiger partial charge is 0.143 e. The fraction of sp³-hybridized carbons (Fsp3) is 0. The quantitative estimate of drug-likeness (QED) is 0.152. The van der Waals surface area contributed by atoms with Crippen molar-refractivity contribution in [2.75, 3.05) is 4.90 Å². The van der Waals surface area contributed by atoms with Gasteiger partial charge in [0, 0.05) is 49.7 Å². The predicted octanol–water partition coefficient (Wildman–Crippen LogP) is 18.0. The van der Waals surface area contributed by atoms with Gasteiger partial charge < -0.3 is 13.9 Å². The Bertz CT molecular complexity index is 3910. The van der Waals surface area contributed by atoms with Gasteiger partial charge in [0.15, 0.2) is 0 Å². The molecule has 0 saturated carbocycles. The van der Waals surface area contributed by atoms with Gasteiger partial charge >= 0.3 is 0 Å². The van der Waals surface area contributed by atoms with Crippen molar-refractivity contribution >= 4 is 71.6 Å². The van der Waals surface area contributed by atoms with Crippen LogP contribution in [0.4, 0.5) is 17.1 Å². The van der Waals surface area contributed by atoms with Crippen LogP contribution in [0.3, 0.4) is 0 Å². The molecule has 0 saturated heterocycles. The van der Waals surface area contributed by atoms with E-state index in [1.165, 1.54) is 49.3 Å². The largest absolute Gasteiger partial charge is 0.455 e. The van der Waals surface area contributed by atoms with Crippen molar-refractivity contribution in [2.24, 2.45) is 0 Å². The predicted molar refractivity (Wildman–Crippen MR) is 282 cm³/mol. The molecule has 2 heterocycles. The van der Waals surface area contributed by atoms with Crippen LogP contribution in [0.1, 0.15) is 0 Å². The van der Waals surface area contributed by atoms with E-state index >= 15 is 0 Å². The summed E-state index contributed by atoms with van der Waals surface area (Å²) in [6.45, 7) is 0. The van der Waals surface area contributed by atoms with Gasteiger partial charge in [-0.1, -0.05) is 188 Å². The van der Waals surface area contributed by atoms with Crippen LogP contribution in [0, 0.1) is 0 Å². The maximum atomic E-state index is 6.44. The number of aromatic nitrogens is 1. The van der Waals surface area contributed by atoms with Crippen molar-refractivity contribution in [3.63, 3.8) is 0 Å². The van der Waals surface area contributed by atoms with Crippen LogP contribution in [0.5, 0.6) is 0 Å². The summed E-state index contributed by atoms with van der Waals surface area (Å²) in [4.78, 5) is 2.36. The van der Waals surface area contributed by atoms with E-state index in [0.29, 0.717) is 0 Å². The first-order valence-corrected chi connectivity index (χ1v) is 22.9. The summed E-state index contributed by atoms with van der Waals surface area (Å²) >= 11 is 0. The second-order valence-corrected chi connectivity index (χ2v) is 17.3. The first kappa shape index (κ1) is 38.5. The van der Waals surface area contributed by atoms with E-state index in [9.17, 15) is 0 Å². The zero-order valence-electron chi connectivity index (χ0n) is 36.6. The Hall–Kier alpha value is -8.92. The van der Waals surface area contributed by atoms with Crippen molar-refractivity contribution in [3.05, 3.63) is 255 Å². The van der Waals surface area contributed by atoms with Crippen molar-refractivity contribution < 1.29 is 4.42 Å². The molecule has 13 aromatic rings. The molecule has 11 aromatic carbocycles. The maximum Gasteiger partial charge on any atom is 0.143 e. The standard InChI is InChI=1S/C64H42N2O/c1-2-18-52-44(14-1)15-12-23-53(52)45-32-38-50(39-33-45)65(49-36-30-43(31-37-49)47-16-11-17-48(42-47)55-24-13-25-59-58-22-6-10-29-63(58)67-64(55)59)51-40-34-46(35-41-51)54-19-3-7-26-60(54)66-61-27-8-4-20-56(61)57-21-5-9-28-62(57)66/h1-42H. The third-order valence-corrected chi connectivity index (χ3v) is 13.4. The second kappa shape index (κ2) is 16.0. The molecule has 0 amide bonds. The van der Waals surface area contributed by atoms with Crippen molar-refractivity contribution in [2.45, 2.75) is 0 Å². The number of anilines is 3. The molecule has 0 bridgehead atoms. The minimum Gasteiger partial charge on any atom is -0.455 e. The van der Waals surface area contributed by atoms with E-state index in [-0.39, 0.29) is 0 Å². The molecule has 0 unspecified atom stereocenters. The van der Waals surface area contributed by atoms with Gasteiger partial charge in [-0.25, -0.2) is 0 Å². The van der Waals surface area contributed by atoms with Crippen LogP contribution >= 0.6 is 0 Å². The lowest BCUT2D eigenvalue weighted by Gasteiger charge is -2.26. The van der Waals surface area contributed by atoms with E-state index in [4.69, 9.17) is 4.42 Å². The minimum atomic E-state index is 0.906. The van der Waals surface area contributed by atoms with E-state index in [2.05, 4.69) is 252 Å². The molecule has 13 rings (SSSR count). The van der Waals surface area contributed by atoms with Gasteiger partial charge in [0.05, 0.1) is 16.7 Å². The lowest BCUT2D eigenvalue weighted by molar-refractivity contribution is 0.670. The van der Waals surface area contributed by atoms with Crippen LogP contribution in [-0.4, -0.2) is 4.57 Å². The molecule has 0 N–H and O–H groups in total. The molecule has 0 atom stereocenters. The zero-order valence-corrected chi connectivity index (χ0v) is 36.6. The summed E-state index contributed by atoms with van der Waals surface area (Å²) in [5.74, 6) is 0. The summed E-state index contributed by atoms with van der Waals surface area (Å²) in [5, 5.41) is 7.27. The molecule has 3 heteroatoms. The summed E-state index contributed by atoms with van der Waals surface area (Å²) in [6, 6.07) is 91.8. The zero-order chi connectivity index (χ0) is 44.3. The Kier molecular flexibility index (Phi) is 9.17. The van der Waals surface area contributed by atoms with Gasteiger partial charge in [-0.3, -0.25) is 0 Å². The van der Waals surface area contributed by atoms with Crippen LogP contribution in [-0.2, 0) is 0 Å². The summed E-state index contributed by atoms with van der Waals surface area (Å²) in [7, 11) is 0. The molecule has 314 valence electrons. The number of benzene rings is 11. The number of furan rings is 1. The van der Waals surface area contributed by atoms with E-state index in [0.717, 1.165) is 72.5 Å². The molecule has 0 aliphatic heterocycles. The SMILES string of the molecule is c1cc(-c2ccc(N(c3ccc(-c4ccccc4-n4c5ccccc5c5ccccc54)cc3)c3ccc(-c4cccc5ccccc45)cc3)cc2)cc(-c2cccc3c2oc2ccccc23)c1. The Balaban J connectivity index is 0.888. The number of fused-ring (bicyclic) bond motifs is 7. The van der Waals surface area contributed by atoms with Gasteiger partial charge in [-0.2, -0.15) is 0 Å². The average molecular weight is 855 g/mol. The number of hydrogen-bond donors (Lipinski definition) is 0. The Morgan fingerprint density at radius 1 is 0.299 bits per heavy atom. The molecule has 0 radical (unpaired) electrons. The van der Waals surface area contributed by atoms with Gasteiger partial charge in [0.2, 0.25) is 0 Å². The van der Waals surface area contributed by atoms with Crippen LogP contribution in [0.2, 0.25) is 0 Å². The molecular weight excluding hydrogens is 813 g/mol. The van der Waals surface area contributed by atoms with Gasteiger partial charge in [0.1, 0.15) is 11.2 Å². The van der Waals surface area contributed by atoms with Crippen molar-refractivity contribution in [3.8, 4) is 50.2 Å². The molecule has 0 fully saturated rings. The molecular formula is C64H42N2O. The lowest BCUT2D eigenvalue weighted by Crippen LogP contribution is -2.09. The van der Waals surface area contributed by atoms with E-state index < -0.39 is 0 Å². The molecule has 67 heavy (non-hydrogen) atoms. The fourth-order valence-electron chi connectivity index (χ4n) is 10.2. The van der Waals surface area contributed by atoms with E-state index in [1.54, 1.807) is 0 Å². The van der Waals surface area contributed by atoms with Crippen LogP contribution in [0.25, 0.3) is 105 Å². The molecule has 0 aliphatic rings. The first-order valence-electron chi connectivity index (χ1n) is 22.9. The minimum absolute atomic E-state index is 0.906. The Morgan fingerprint density at radius 3 is 1.49 bits per heavy atom. The van der Waals surface area contributed by atoms with Gasteiger partial charge in [-0.15, -0.1) is 0 Å². The van der Waals surface area contributed by atoms with Crippen molar-refractivity contribution in [1.29, 1.82) is 0 Å².